The van der Waals surface area contributed by atoms with E-state index in [0.717, 1.165) is 10.5 Å². The number of imide groups is 1. The molecule has 0 bridgehead atoms. The lowest BCUT2D eigenvalue weighted by atomic mass is 10.1. The van der Waals surface area contributed by atoms with Crippen LogP contribution < -0.4 is 14.4 Å². The second-order valence-electron chi connectivity index (χ2n) is 6.23. The van der Waals surface area contributed by atoms with Crippen molar-refractivity contribution < 1.29 is 19.1 Å². The molecule has 2 aliphatic heterocycles. The Balaban J connectivity index is 1.62. The molecule has 2 aromatic rings. The quantitative estimate of drug-likeness (QED) is 0.758. The van der Waals surface area contributed by atoms with Gasteiger partial charge in [0.2, 0.25) is 0 Å². The third kappa shape index (κ3) is 2.79. The Bertz CT molecular complexity index is 915. The highest BCUT2D eigenvalue weighted by Crippen LogP contribution is 2.36. The fraction of sp³-hybridized carbons (Fsp3) is 0.263. The molecule has 0 aromatic heterocycles. The Kier molecular flexibility index (Phi) is 4.23. The first kappa shape index (κ1) is 17.0. The molecule has 8 nitrogen and oxygen atoms in total. The number of carbonyl (C=O) groups is 2. The van der Waals surface area contributed by atoms with Crippen molar-refractivity contribution in [2.24, 2.45) is 10.3 Å². The fourth-order valence-electron chi connectivity index (χ4n) is 3.34. The molecule has 0 unspecified atom stereocenters. The Morgan fingerprint density at radius 3 is 2.41 bits per heavy atom. The number of ether oxygens (including phenoxy) is 2. The molecule has 27 heavy (non-hydrogen) atoms. The molecular formula is C19H18N4O4. The van der Waals surface area contributed by atoms with E-state index in [0.29, 0.717) is 23.7 Å². The van der Waals surface area contributed by atoms with E-state index in [9.17, 15) is 9.59 Å². The summed E-state index contributed by atoms with van der Waals surface area (Å²) >= 11 is 0. The number of fused-ring (bicyclic) bond motifs is 1. The van der Waals surface area contributed by atoms with E-state index in [1.54, 1.807) is 23.2 Å². The van der Waals surface area contributed by atoms with Gasteiger partial charge in [-0.05, 0) is 17.7 Å². The third-order valence-corrected chi connectivity index (χ3v) is 4.67. The molecule has 0 spiro atoms. The van der Waals surface area contributed by atoms with Gasteiger partial charge in [0, 0.05) is 6.07 Å². The first-order valence-electron chi connectivity index (χ1n) is 8.45. The first-order valence-corrected chi connectivity index (χ1v) is 8.45. The van der Waals surface area contributed by atoms with Crippen molar-refractivity contribution in [1.29, 1.82) is 0 Å². The summed E-state index contributed by atoms with van der Waals surface area (Å²) in [4.78, 5) is 27.0. The van der Waals surface area contributed by atoms with E-state index in [2.05, 4.69) is 10.3 Å². The van der Waals surface area contributed by atoms with Gasteiger partial charge < -0.3 is 9.47 Å². The normalized spacial score (nSPS) is 21.0. The summed E-state index contributed by atoms with van der Waals surface area (Å²) in [6.45, 7) is 0.407. The molecule has 2 aliphatic rings. The van der Waals surface area contributed by atoms with Crippen LogP contribution in [-0.2, 0) is 16.1 Å². The zero-order chi connectivity index (χ0) is 19.0. The van der Waals surface area contributed by atoms with Crippen LogP contribution in [0.2, 0.25) is 0 Å². The van der Waals surface area contributed by atoms with Crippen molar-refractivity contribution in [1.82, 2.24) is 5.01 Å². The Labute approximate surface area is 156 Å². The van der Waals surface area contributed by atoms with E-state index in [-0.39, 0.29) is 5.91 Å². The minimum atomic E-state index is -0.825. The van der Waals surface area contributed by atoms with Crippen LogP contribution >= 0.6 is 0 Å². The molecule has 138 valence electrons. The number of rotatable bonds is 5. The maximum atomic E-state index is 13.0. The van der Waals surface area contributed by atoms with Crippen molar-refractivity contribution in [3.63, 3.8) is 0 Å². The van der Waals surface area contributed by atoms with Crippen LogP contribution in [-0.4, -0.2) is 43.1 Å². The Hall–Kier alpha value is -3.42. The van der Waals surface area contributed by atoms with Crippen molar-refractivity contribution in [3.8, 4) is 11.5 Å². The van der Waals surface area contributed by atoms with Gasteiger partial charge >= 0.3 is 0 Å². The van der Waals surface area contributed by atoms with E-state index in [4.69, 9.17) is 9.47 Å². The number of nitrogens with zero attached hydrogens (tertiary/aromatic N) is 4. The van der Waals surface area contributed by atoms with Crippen LogP contribution in [0.5, 0.6) is 11.5 Å². The second kappa shape index (κ2) is 6.71. The van der Waals surface area contributed by atoms with Crippen LogP contribution in [0.3, 0.4) is 0 Å². The van der Waals surface area contributed by atoms with Gasteiger partial charge in [-0.2, -0.15) is 5.11 Å². The molecule has 0 N–H and O–H groups in total. The highest BCUT2D eigenvalue weighted by atomic mass is 16.5. The summed E-state index contributed by atoms with van der Waals surface area (Å²) in [7, 11) is 3.02. The minimum Gasteiger partial charge on any atom is -0.493 e. The number of methoxy groups -OCH3 is 2. The van der Waals surface area contributed by atoms with E-state index >= 15 is 0 Å². The number of amides is 2. The molecule has 8 heteroatoms. The standard InChI is InChI=1S/C19H18N4O4/c1-26-14-9-8-13(10-15(14)27-2)23-18(24)16-17(19(23)25)22(21-20-16)11-12-6-4-3-5-7-12/h3-10,16-17H,11H2,1-2H3/t16-,17+/m1/s1. The van der Waals surface area contributed by atoms with E-state index in [1.165, 1.54) is 14.2 Å². The van der Waals surface area contributed by atoms with Gasteiger partial charge in [-0.15, -0.1) is 0 Å². The highest BCUT2D eigenvalue weighted by molar-refractivity contribution is 6.25. The lowest BCUT2D eigenvalue weighted by Gasteiger charge is -2.21. The maximum absolute atomic E-state index is 13.0. The van der Waals surface area contributed by atoms with Crippen LogP contribution in [0.4, 0.5) is 5.69 Å². The summed E-state index contributed by atoms with van der Waals surface area (Å²) in [5.41, 5.74) is 1.41. The van der Waals surface area contributed by atoms with Crippen LogP contribution in [0.25, 0.3) is 0 Å². The minimum absolute atomic E-state index is 0.349. The molecule has 1 saturated heterocycles. The second-order valence-corrected chi connectivity index (χ2v) is 6.23. The molecule has 2 aromatic carbocycles. The molecule has 2 atom stereocenters. The summed E-state index contributed by atoms with van der Waals surface area (Å²) in [5, 5.41) is 9.66. The number of anilines is 1. The van der Waals surface area contributed by atoms with Crippen LogP contribution in [0.15, 0.2) is 58.9 Å². The highest BCUT2D eigenvalue weighted by Gasteiger charge is 2.54. The SMILES string of the molecule is COc1ccc(N2C(=O)[C@@H]3[C@@H](N=NN3Cc3ccccc3)C2=O)cc1OC. The zero-order valence-corrected chi connectivity index (χ0v) is 14.9. The van der Waals surface area contributed by atoms with Crippen molar-refractivity contribution in [3.05, 3.63) is 54.1 Å². The maximum Gasteiger partial charge on any atom is 0.263 e. The molecule has 0 aliphatic carbocycles. The number of benzene rings is 2. The molecule has 4 rings (SSSR count). The van der Waals surface area contributed by atoms with Crippen LogP contribution in [0.1, 0.15) is 5.56 Å². The molecule has 1 fully saturated rings. The van der Waals surface area contributed by atoms with Gasteiger partial charge in [0.05, 0.1) is 26.5 Å². The Morgan fingerprint density at radius 2 is 1.70 bits per heavy atom. The van der Waals surface area contributed by atoms with Crippen LogP contribution in [0, 0.1) is 0 Å². The molecule has 2 heterocycles. The largest absolute Gasteiger partial charge is 0.493 e. The average molecular weight is 366 g/mol. The van der Waals surface area contributed by atoms with Gasteiger partial charge in [-0.1, -0.05) is 35.6 Å². The van der Waals surface area contributed by atoms with Gasteiger partial charge in [0.25, 0.3) is 11.8 Å². The number of hydrogen-bond donors (Lipinski definition) is 0. The Morgan fingerprint density at radius 1 is 0.963 bits per heavy atom. The molecule has 0 saturated carbocycles. The lowest BCUT2D eigenvalue weighted by molar-refractivity contribution is -0.123. The average Bonchev–Trinajstić information content (AvgIpc) is 3.22. The zero-order valence-electron chi connectivity index (χ0n) is 14.9. The van der Waals surface area contributed by atoms with Gasteiger partial charge in [-0.3, -0.25) is 14.6 Å². The number of carbonyl (C=O) groups excluding carboxylic acids is 2. The van der Waals surface area contributed by atoms with Crippen molar-refractivity contribution >= 4 is 17.5 Å². The van der Waals surface area contributed by atoms with Crippen molar-refractivity contribution in [2.75, 3.05) is 19.1 Å². The molecule has 0 radical (unpaired) electrons. The lowest BCUT2D eigenvalue weighted by Crippen LogP contribution is -2.39. The summed E-state index contributed by atoms with van der Waals surface area (Å²) in [6.07, 6.45) is 0. The van der Waals surface area contributed by atoms with Gasteiger partial charge in [0.15, 0.2) is 23.6 Å². The predicted molar refractivity (Wildman–Crippen MR) is 96.5 cm³/mol. The third-order valence-electron chi connectivity index (χ3n) is 4.67. The van der Waals surface area contributed by atoms with Gasteiger partial charge in [-0.25, -0.2) is 4.90 Å². The predicted octanol–water partition coefficient (Wildman–Crippen LogP) is 2.20. The topological polar surface area (TPSA) is 83.8 Å². The molecule has 2 amide bonds. The van der Waals surface area contributed by atoms with E-state index < -0.39 is 18.0 Å². The van der Waals surface area contributed by atoms with Gasteiger partial charge in [0.1, 0.15) is 0 Å². The van der Waals surface area contributed by atoms with E-state index in [1.807, 2.05) is 30.3 Å². The fourth-order valence-corrected chi connectivity index (χ4v) is 3.34. The first-order chi connectivity index (χ1) is 13.1. The van der Waals surface area contributed by atoms with Crippen molar-refractivity contribution in [2.45, 2.75) is 18.6 Å². The summed E-state index contributed by atoms with van der Waals surface area (Å²) < 4.78 is 10.5. The summed E-state index contributed by atoms with van der Waals surface area (Å²) in [5.74, 6) is 0.219. The summed E-state index contributed by atoms with van der Waals surface area (Å²) in [6, 6.07) is 13.0. The molecular weight excluding hydrogens is 348 g/mol. The monoisotopic (exact) mass is 366 g/mol. The number of hydrogen-bond acceptors (Lipinski definition) is 7. The smallest absolute Gasteiger partial charge is 0.263 e.